The van der Waals surface area contributed by atoms with Crippen molar-refractivity contribution in [3.8, 4) is 0 Å². The molecule has 1 aromatic rings. The van der Waals surface area contributed by atoms with Crippen molar-refractivity contribution in [2.45, 2.75) is 51.2 Å². The van der Waals surface area contributed by atoms with Gasteiger partial charge in [0.2, 0.25) is 0 Å². The van der Waals surface area contributed by atoms with Crippen LogP contribution in [0.2, 0.25) is 0 Å². The highest BCUT2D eigenvalue weighted by molar-refractivity contribution is 5.67. The number of carbonyl (C=O) groups is 1. The van der Waals surface area contributed by atoms with Gasteiger partial charge in [-0.05, 0) is 49.7 Å². The first-order valence-electron chi connectivity index (χ1n) is 9.14. The Bertz CT molecular complexity index is 601. The Morgan fingerprint density at radius 1 is 1.16 bits per heavy atom. The van der Waals surface area contributed by atoms with Gasteiger partial charge in [0.05, 0.1) is 7.11 Å². The lowest BCUT2D eigenvalue weighted by atomic mass is 9.83. The number of benzene rings is 1. The molecule has 0 aliphatic heterocycles. The molecule has 0 heterocycles. The van der Waals surface area contributed by atoms with Crippen molar-refractivity contribution in [3.05, 3.63) is 47.2 Å². The molecule has 3 rings (SSSR count). The van der Waals surface area contributed by atoms with Crippen LogP contribution < -0.4 is 5.32 Å². The summed E-state index contributed by atoms with van der Waals surface area (Å²) in [5.74, 6) is 0.542. The maximum absolute atomic E-state index is 12.0. The van der Waals surface area contributed by atoms with Crippen LogP contribution in [0.5, 0.6) is 0 Å². The number of hydroxylamine groups is 2. The van der Waals surface area contributed by atoms with E-state index in [1.165, 1.54) is 24.1 Å². The molecule has 2 fully saturated rings. The Kier molecular flexibility index (Phi) is 5.97. The largest absolute Gasteiger partial charge is 0.445 e. The standard InChI is InChI=1S/C20H28N2O3/c1-22(24-2)19(16-8-9-16)17-10-12-18(13-11-17)21-20(23)25-14-15-6-4-3-5-7-15/h3-7,17-18H,8-14H2,1-2H3,(H,21,23)/t17-,18+. The summed E-state index contributed by atoms with van der Waals surface area (Å²) in [7, 11) is 3.71. The number of hydrogen-bond donors (Lipinski definition) is 1. The summed E-state index contributed by atoms with van der Waals surface area (Å²) in [4.78, 5) is 17.4. The lowest BCUT2D eigenvalue weighted by Gasteiger charge is -2.33. The van der Waals surface area contributed by atoms with Crippen LogP contribution in [0.4, 0.5) is 4.79 Å². The van der Waals surface area contributed by atoms with Crippen LogP contribution in [0, 0.1) is 5.92 Å². The van der Waals surface area contributed by atoms with Crippen LogP contribution in [0.3, 0.4) is 0 Å². The van der Waals surface area contributed by atoms with E-state index in [4.69, 9.17) is 9.57 Å². The minimum Gasteiger partial charge on any atom is -0.445 e. The van der Waals surface area contributed by atoms with Gasteiger partial charge in [0.1, 0.15) is 6.61 Å². The van der Waals surface area contributed by atoms with Gasteiger partial charge in [0, 0.05) is 24.7 Å². The number of alkyl carbamates (subject to hydrolysis) is 1. The number of nitrogens with one attached hydrogen (secondary N) is 1. The zero-order chi connectivity index (χ0) is 17.6. The summed E-state index contributed by atoms with van der Waals surface area (Å²) in [5.41, 5.74) is 3.90. The van der Waals surface area contributed by atoms with Crippen molar-refractivity contribution >= 4 is 6.09 Å². The Balaban J connectivity index is 1.43. The van der Waals surface area contributed by atoms with Crippen LogP contribution in [-0.4, -0.2) is 31.4 Å². The molecular weight excluding hydrogens is 316 g/mol. The zero-order valence-electron chi connectivity index (χ0n) is 15.2. The molecule has 0 unspecified atom stereocenters. The van der Waals surface area contributed by atoms with E-state index in [1.54, 1.807) is 7.11 Å². The molecule has 5 heteroatoms. The van der Waals surface area contributed by atoms with Crippen molar-refractivity contribution < 1.29 is 14.4 Å². The van der Waals surface area contributed by atoms with Gasteiger partial charge in [-0.3, -0.25) is 9.90 Å². The number of hydrogen-bond acceptors (Lipinski definition) is 4. The molecule has 0 aromatic heterocycles. The topological polar surface area (TPSA) is 50.8 Å². The predicted octanol–water partition coefficient (Wildman–Crippen LogP) is 4.01. The van der Waals surface area contributed by atoms with Crippen LogP contribution in [-0.2, 0) is 16.2 Å². The van der Waals surface area contributed by atoms with E-state index < -0.39 is 0 Å². The van der Waals surface area contributed by atoms with E-state index >= 15 is 0 Å². The van der Waals surface area contributed by atoms with Gasteiger partial charge in [-0.15, -0.1) is 0 Å². The lowest BCUT2D eigenvalue weighted by molar-refractivity contribution is -0.0881. The number of nitrogens with zero attached hydrogens (tertiary/aromatic N) is 1. The van der Waals surface area contributed by atoms with E-state index in [0.29, 0.717) is 12.5 Å². The lowest BCUT2D eigenvalue weighted by Crippen LogP contribution is -2.39. The first-order chi connectivity index (χ1) is 12.2. The van der Waals surface area contributed by atoms with Gasteiger partial charge in [0.25, 0.3) is 0 Å². The zero-order valence-corrected chi connectivity index (χ0v) is 15.2. The molecule has 25 heavy (non-hydrogen) atoms. The fourth-order valence-corrected chi connectivity index (χ4v) is 3.63. The second-order valence-electron chi connectivity index (χ2n) is 6.92. The summed E-state index contributed by atoms with van der Waals surface area (Å²) in [5, 5.41) is 4.94. The van der Waals surface area contributed by atoms with Crippen LogP contribution >= 0.6 is 0 Å². The molecule has 5 nitrogen and oxygen atoms in total. The minimum absolute atomic E-state index is 0.206. The molecular formula is C20H28N2O3. The van der Waals surface area contributed by atoms with Crippen molar-refractivity contribution in [1.29, 1.82) is 0 Å². The molecule has 0 atom stereocenters. The highest BCUT2D eigenvalue weighted by Crippen LogP contribution is 2.41. The normalized spacial score (nSPS) is 22.2. The smallest absolute Gasteiger partial charge is 0.407 e. The fourth-order valence-electron chi connectivity index (χ4n) is 3.63. The Hall–Kier alpha value is -2.01. The summed E-state index contributed by atoms with van der Waals surface area (Å²) in [6.45, 7) is 0.316. The van der Waals surface area contributed by atoms with Crippen LogP contribution in [0.15, 0.2) is 41.6 Å². The van der Waals surface area contributed by atoms with Crippen molar-refractivity contribution in [2.75, 3.05) is 14.2 Å². The maximum atomic E-state index is 12.0. The van der Waals surface area contributed by atoms with Crippen LogP contribution in [0.25, 0.3) is 0 Å². The highest BCUT2D eigenvalue weighted by Gasteiger charge is 2.31. The van der Waals surface area contributed by atoms with E-state index in [1.807, 2.05) is 42.4 Å². The number of amides is 1. The number of allylic oxidation sites excluding steroid dienone is 2. The molecule has 0 radical (unpaired) electrons. The Labute approximate surface area is 149 Å². The van der Waals surface area contributed by atoms with Crippen molar-refractivity contribution in [3.63, 3.8) is 0 Å². The first-order valence-corrected chi connectivity index (χ1v) is 9.14. The quantitative estimate of drug-likeness (QED) is 0.792. The molecule has 1 N–H and O–H groups in total. The van der Waals surface area contributed by atoms with Gasteiger partial charge in [-0.25, -0.2) is 4.79 Å². The molecule has 0 bridgehead atoms. The maximum Gasteiger partial charge on any atom is 0.407 e. The number of carbonyl (C=O) groups excluding carboxylic acids is 1. The molecule has 2 saturated carbocycles. The Morgan fingerprint density at radius 2 is 1.84 bits per heavy atom. The second kappa shape index (κ2) is 8.39. The van der Waals surface area contributed by atoms with Gasteiger partial charge >= 0.3 is 6.09 Å². The molecule has 2 aliphatic carbocycles. The van der Waals surface area contributed by atoms with Crippen molar-refractivity contribution in [2.24, 2.45) is 5.92 Å². The molecule has 0 spiro atoms. The van der Waals surface area contributed by atoms with Gasteiger partial charge < -0.3 is 10.1 Å². The van der Waals surface area contributed by atoms with E-state index in [9.17, 15) is 4.79 Å². The number of ether oxygens (including phenoxy) is 1. The van der Waals surface area contributed by atoms with Gasteiger partial charge in [0.15, 0.2) is 0 Å². The highest BCUT2D eigenvalue weighted by atomic mass is 16.7. The third-order valence-corrected chi connectivity index (χ3v) is 5.12. The monoisotopic (exact) mass is 344 g/mol. The van der Waals surface area contributed by atoms with Gasteiger partial charge in [-0.1, -0.05) is 30.3 Å². The fraction of sp³-hybridized carbons (Fsp3) is 0.550. The van der Waals surface area contributed by atoms with E-state index in [0.717, 1.165) is 31.2 Å². The van der Waals surface area contributed by atoms with Gasteiger partial charge in [-0.2, -0.15) is 0 Å². The predicted molar refractivity (Wildman–Crippen MR) is 96.5 cm³/mol. The number of rotatable bonds is 6. The minimum atomic E-state index is -0.318. The third kappa shape index (κ3) is 4.98. The molecule has 136 valence electrons. The van der Waals surface area contributed by atoms with E-state index in [-0.39, 0.29) is 12.1 Å². The average molecular weight is 344 g/mol. The molecule has 1 amide bonds. The van der Waals surface area contributed by atoms with E-state index in [2.05, 4.69) is 5.32 Å². The average Bonchev–Trinajstić information content (AvgIpc) is 3.47. The summed E-state index contributed by atoms with van der Waals surface area (Å²) in [6, 6.07) is 9.96. The Morgan fingerprint density at radius 3 is 2.44 bits per heavy atom. The summed E-state index contributed by atoms with van der Waals surface area (Å²) in [6.07, 6.45) is 6.22. The SMILES string of the molecule is CON(C)C(=C1CC1)[C@H]1CC[C@@H](NC(=O)OCc2ccccc2)CC1. The second-order valence-corrected chi connectivity index (χ2v) is 6.92. The molecule has 0 saturated heterocycles. The molecule has 1 aromatic carbocycles. The summed E-state index contributed by atoms with van der Waals surface area (Å²) < 4.78 is 5.32. The van der Waals surface area contributed by atoms with Crippen molar-refractivity contribution in [1.82, 2.24) is 10.4 Å². The van der Waals surface area contributed by atoms with Crippen LogP contribution in [0.1, 0.15) is 44.1 Å². The third-order valence-electron chi connectivity index (χ3n) is 5.12. The summed E-state index contributed by atoms with van der Waals surface area (Å²) >= 11 is 0. The first kappa shape index (κ1) is 17.8. The molecule has 2 aliphatic rings.